The lowest BCUT2D eigenvalue weighted by Crippen LogP contribution is -2.09. The Labute approximate surface area is 83.3 Å². The molecule has 2 nitrogen and oxygen atoms in total. The third-order valence-electron chi connectivity index (χ3n) is 1.87. The average Bonchev–Trinajstić information content (AvgIpc) is 2.88. The lowest BCUT2D eigenvalue weighted by molar-refractivity contribution is -0.135. The molecule has 1 fully saturated rings. The highest BCUT2D eigenvalue weighted by Gasteiger charge is 2.31. The molecule has 3 heteroatoms. The maximum absolute atomic E-state index is 11.2. The van der Waals surface area contributed by atoms with Crippen molar-refractivity contribution in [2.24, 2.45) is 5.92 Å². The molecule has 1 saturated carbocycles. The fourth-order valence-corrected chi connectivity index (χ4v) is 1.01. The van der Waals surface area contributed by atoms with E-state index in [1.165, 1.54) is 0 Å². The Morgan fingerprint density at radius 2 is 1.85 bits per heavy atom. The number of esters is 1. The number of halogens is 1. The topological polar surface area (TPSA) is 26.3 Å². The largest absolute Gasteiger partial charge is 0.426 e. The van der Waals surface area contributed by atoms with Crippen LogP contribution in [0.3, 0.4) is 0 Å². The van der Waals surface area contributed by atoms with Gasteiger partial charge in [-0.3, -0.25) is 4.79 Å². The van der Waals surface area contributed by atoms with Crippen LogP contribution in [0, 0.1) is 5.92 Å². The van der Waals surface area contributed by atoms with Crippen molar-refractivity contribution in [3.05, 3.63) is 30.3 Å². The minimum Gasteiger partial charge on any atom is -0.426 e. The number of hydrogen-bond donors (Lipinski definition) is 0. The van der Waals surface area contributed by atoms with Gasteiger partial charge in [0.15, 0.2) is 0 Å². The molecule has 1 aromatic carbocycles. The molecule has 2 rings (SSSR count). The first kappa shape index (κ1) is 10.1. The molecule has 1 aliphatic carbocycles. The van der Waals surface area contributed by atoms with Gasteiger partial charge in [0, 0.05) is 0 Å². The number of hydrogen-bond acceptors (Lipinski definition) is 2. The molecule has 0 aromatic heterocycles. The molecule has 1 aromatic rings. The average molecular weight is 199 g/mol. The van der Waals surface area contributed by atoms with Gasteiger partial charge in [-0.25, -0.2) is 0 Å². The van der Waals surface area contributed by atoms with Crippen LogP contribution in [0.4, 0.5) is 0 Å². The van der Waals surface area contributed by atoms with Gasteiger partial charge in [-0.2, -0.15) is 0 Å². The van der Waals surface area contributed by atoms with Crippen molar-refractivity contribution in [2.45, 2.75) is 12.8 Å². The highest BCUT2D eigenvalue weighted by molar-refractivity contribution is 5.85. The Bertz CT molecular complexity index is 280. The predicted molar refractivity (Wildman–Crippen MR) is 52.0 cm³/mol. The van der Waals surface area contributed by atoms with Crippen LogP contribution >= 0.6 is 12.4 Å². The van der Waals surface area contributed by atoms with E-state index in [-0.39, 0.29) is 24.3 Å². The summed E-state index contributed by atoms with van der Waals surface area (Å²) < 4.78 is 5.10. The van der Waals surface area contributed by atoms with Crippen LogP contribution in [-0.4, -0.2) is 5.97 Å². The van der Waals surface area contributed by atoms with E-state index in [4.69, 9.17) is 4.74 Å². The maximum atomic E-state index is 11.2. The lowest BCUT2D eigenvalue weighted by atomic mass is 10.3. The van der Waals surface area contributed by atoms with Gasteiger partial charge in [-0.05, 0) is 25.0 Å². The van der Waals surface area contributed by atoms with E-state index in [1.54, 1.807) is 12.1 Å². The first-order chi connectivity index (χ1) is 5.86. The standard InChI is InChI=1S/C10H10O2.ClH/c11-10(8-6-7-8)12-9-4-2-1-3-5-9;/h1-5,8H,6-7H2;1H. The second-order valence-electron chi connectivity index (χ2n) is 3.01. The van der Waals surface area contributed by atoms with E-state index < -0.39 is 0 Å². The zero-order valence-corrected chi connectivity index (χ0v) is 7.92. The Hall–Kier alpha value is -1.02. The predicted octanol–water partition coefficient (Wildman–Crippen LogP) is 2.42. The molecule has 0 atom stereocenters. The molecule has 0 heterocycles. The molecule has 0 unspecified atom stereocenters. The summed E-state index contributed by atoms with van der Waals surface area (Å²) in [6.07, 6.45) is 1.98. The second kappa shape index (κ2) is 4.28. The van der Waals surface area contributed by atoms with Gasteiger partial charge >= 0.3 is 5.97 Å². The smallest absolute Gasteiger partial charge is 0.314 e. The molecular weight excluding hydrogens is 188 g/mol. The van der Waals surface area contributed by atoms with Crippen molar-refractivity contribution in [3.63, 3.8) is 0 Å². The minimum atomic E-state index is -0.0822. The fraction of sp³-hybridized carbons (Fsp3) is 0.300. The number of carbonyl (C=O) groups is 1. The molecule has 0 bridgehead atoms. The van der Waals surface area contributed by atoms with Crippen molar-refractivity contribution in [1.82, 2.24) is 0 Å². The first-order valence-corrected chi connectivity index (χ1v) is 4.13. The maximum Gasteiger partial charge on any atom is 0.314 e. The molecule has 0 amide bonds. The van der Waals surface area contributed by atoms with Gasteiger partial charge in [0.25, 0.3) is 0 Å². The highest BCUT2D eigenvalue weighted by atomic mass is 35.5. The van der Waals surface area contributed by atoms with Crippen molar-refractivity contribution in [1.29, 1.82) is 0 Å². The molecule has 0 aliphatic heterocycles. The van der Waals surface area contributed by atoms with Crippen molar-refractivity contribution >= 4 is 18.4 Å². The van der Waals surface area contributed by atoms with Gasteiger partial charge in [0.05, 0.1) is 5.92 Å². The molecule has 1 aliphatic rings. The number of ether oxygens (including phenoxy) is 1. The van der Waals surface area contributed by atoms with Crippen molar-refractivity contribution in [2.75, 3.05) is 0 Å². The molecule has 0 spiro atoms. The van der Waals surface area contributed by atoms with Crippen molar-refractivity contribution < 1.29 is 9.53 Å². The van der Waals surface area contributed by atoms with E-state index in [0.717, 1.165) is 12.8 Å². The van der Waals surface area contributed by atoms with E-state index in [9.17, 15) is 4.79 Å². The van der Waals surface area contributed by atoms with Crippen LogP contribution in [0.15, 0.2) is 30.3 Å². The normalized spacial score (nSPS) is 14.5. The molecule has 0 radical (unpaired) electrons. The summed E-state index contributed by atoms with van der Waals surface area (Å²) in [5.41, 5.74) is 0. The van der Waals surface area contributed by atoms with Crippen LogP contribution in [0.2, 0.25) is 0 Å². The Morgan fingerprint density at radius 3 is 2.38 bits per heavy atom. The van der Waals surface area contributed by atoms with Crippen LogP contribution < -0.4 is 4.74 Å². The van der Waals surface area contributed by atoms with Crippen molar-refractivity contribution in [3.8, 4) is 5.75 Å². The molecule has 0 saturated heterocycles. The number of para-hydroxylation sites is 1. The first-order valence-electron chi connectivity index (χ1n) is 4.13. The summed E-state index contributed by atoms with van der Waals surface area (Å²) >= 11 is 0. The lowest BCUT2D eigenvalue weighted by Gasteiger charge is -2.00. The zero-order valence-electron chi connectivity index (χ0n) is 7.10. The van der Waals surface area contributed by atoms with E-state index in [0.29, 0.717) is 5.75 Å². The van der Waals surface area contributed by atoms with Crippen LogP contribution in [-0.2, 0) is 4.79 Å². The Morgan fingerprint density at radius 1 is 1.23 bits per heavy atom. The third kappa shape index (κ3) is 2.74. The summed E-state index contributed by atoms with van der Waals surface area (Å²) in [6, 6.07) is 9.19. The number of carbonyl (C=O) groups excluding carboxylic acids is 1. The highest BCUT2D eigenvalue weighted by Crippen LogP contribution is 2.30. The van der Waals surface area contributed by atoms with E-state index >= 15 is 0 Å². The van der Waals surface area contributed by atoms with Gasteiger partial charge < -0.3 is 4.74 Å². The monoisotopic (exact) mass is 198 g/mol. The van der Waals surface area contributed by atoms with Gasteiger partial charge in [-0.1, -0.05) is 18.2 Å². The quantitative estimate of drug-likeness (QED) is 0.539. The Balaban J connectivity index is 0.000000845. The molecule has 70 valence electrons. The zero-order chi connectivity index (χ0) is 8.39. The van der Waals surface area contributed by atoms with Crippen LogP contribution in [0.5, 0.6) is 5.75 Å². The summed E-state index contributed by atoms with van der Waals surface area (Å²) in [5, 5.41) is 0. The molecular formula is C10H11ClO2. The minimum absolute atomic E-state index is 0. The molecule has 13 heavy (non-hydrogen) atoms. The summed E-state index contributed by atoms with van der Waals surface area (Å²) in [7, 11) is 0. The fourth-order valence-electron chi connectivity index (χ4n) is 1.01. The number of rotatable bonds is 2. The summed E-state index contributed by atoms with van der Waals surface area (Å²) in [4.78, 5) is 11.2. The number of benzene rings is 1. The second-order valence-corrected chi connectivity index (χ2v) is 3.01. The van der Waals surface area contributed by atoms with Crippen LogP contribution in [0.25, 0.3) is 0 Å². The van der Waals surface area contributed by atoms with Gasteiger partial charge in [0.1, 0.15) is 5.75 Å². The Kier molecular flexibility index (Phi) is 3.32. The van der Waals surface area contributed by atoms with Gasteiger partial charge in [-0.15, -0.1) is 12.4 Å². The summed E-state index contributed by atoms with van der Waals surface area (Å²) in [5.74, 6) is 0.737. The molecule has 0 N–H and O–H groups in total. The van der Waals surface area contributed by atoms with Gasteiger partial charge in [0.2, 0.25) is 0 Å². The third-order valence-corrected chi connectivity index (χ3v) is 1.87. The SMILES string of the molecule is Cl.O=C(Oc1ccccc1)C1CC1. The van der Waals surface area contributed by atoms with E-state index in [1.807, 2.05) is 18.2 Å². The van der Waals surface area contributed by atoms with E-state index in [2.05, 4.69) is 0 Å². The summed E-state index contributed by atoms with van der Waals surface area (Å²) in [6.45, 7) is 0. The van der Waals surface area contributed by atoms with Crippen LogP contribution in [0.1, 0.15) is 12.8 Å².